The largest absolute Gasteiger partial charge is 0.487 e. The number of aromatic nitrogens is 1. The Labute approximate surface area is 136 Å². The van der Waals surface area contributed by atoms with E-state index in [2.05, 4.69) is 11.6 Å². The zero-order valence-corrected chi connectivity index (χ0v) is 13.1. The number of aliphatic hydroxyl groups excluding tert-OH is 1. The molecule has 0 saturated carbocycles. The van der Waals surface area contributed by atoms with Gasteiger partial charge in [0.25, 0.3) is 0 Å². The highest BCUT2D eigenvalue weighted by atomic mass is 16.5. The Bertz CT molecular complexity index is 628. The molecule has 0 saturated heterocycles. The van der Waals surface area contributed by atoms with E-state index in [0.29, 0.717) is 18.8 Å². The highest BCUT2D eigenvalue weighted by Gasteiger charge is 2.16. The summed E-state index contributed by atoms with van der Waals surface area (Å²) in [6, 6.07) is 11.2. The third-order valence-electron chi connectivity index (χ3n) is 3.62. The number of hydrogen-bond acceptors (Lipinski definition) is 5. The number of aliphatic hydroxyl groups is 1. The predicted octanol–water partition coefficient (Wildman–Crippen LogP) is 1.49. The second kappa shape index (κ2) is 8.43. The SMILES string of the molecule is C=Cc1ccc(COc2cccnc2CC(N)C(O)CN)cc1. The molecule has 5 heteroatoms. The number of rotatable bonds is 8. The maximum absolute atomic E-state index is 9.71. The highest BCUT2D eigenvalue weighted by Crippen LogP contribution is 2.19. The molecule has 122 valence electrons. The number of nitrogens with zero attached hydrogens (tertiary/aromatic N) is 1. The van der Waals surface area contributed by atoms with E-state index < -0.39 is 12.1 Å². The van der Waals surface area contributed by atoms with Gasteiger partial charge in [-0.2, -0.15) is 0 Å². The summed E-state index contributed by atoms with van der Waals surface area (Å²) in [6.07, 6.45) is 3.14. The standard InChI is InChI=1S/C18H23N3O2/c1-2-13-5-7-14(8-6-13)12-23-18-4-3-9-21-16(18)10-15(20)17(22)11-19/h2-9,15,17,22H,1,10-12,19-20H2. The van der Waals surface area contributed by atoms with E-state index in [0.717, 1.165) is 16.8 Å². The molecule has 0 spiro atoms. The van der Waals surface area contributed by atoms with Crippen LogP contribution in [0.15, 0.2) is 49.2 Å². The van der Waals surface area contributed by atoms with Crippen molar-refractivity contribution in [1.82, 2.24) is 4.98 Å². The van der Waals surface area contributed by atoms with Crippen molar-refractivity contribution < 1.29 is 9.84 Å². The van der Waals surface area contributed by atoms with E-state index in [1.807, 2.05) is 36.4 Å². The monoisotopic (exact) mass is 313 g/mol. The summed E-state index contributed by atoms with van der Waals surface area (Å²) in [4.78, 5) is 4.30. The lowest BCUT2D eigenvalue weighted by Gasteiger charge is -2.18. The van der Waals surface area contributed by atoms with Crippen LogP contribution in [0.2, 0.25) is 0 Å². The normalized spacial score (nSPS) is 13.3. The highest BCUT2D eigenvalue weighted by molar-refractivity contribution is 5.47. The van der Waals surface area contributed by atoms with Gasteiger partial charge in [-0.15, -0.1) is 0 Å². The Balaban J connectivity index is 2.03. The molecule has 0 radical (unpaired) electrons. The zero-order chi connectivity index (χ0) is 16.7. The van der Waals surface area contributed by atoms with Gasteiger partial charge in [0.15, 0.2) is 0 Å². The van der Waals surface area contributed by atoms with E-state index in [9.17, 15) is 5.11 Å². The molecule has 2 atom stereocenters. The average molecular weight is 313 g/mol. The summed E-state index contributed by atoms with van der Waals surface area (Å²) in [7, 11) is 0. The summed E-state index contributed by atoms with van der Waals surface area (Å²) in [5.41, 5.74) is 14.2. The lowest BCUT2D eigenvalue weighted by Crippen LogP contribution is -2.41. The van der Waals surface area contributed by atoms with Gasteiger partial charge in [-0.1, -0.05) is 36.9 Å². The third-order valence-corrected chi connectivity index (χ3v) is 3.62. The first kappa shape index (κ1) is 17.1. The molecule has 2 rings (SSSR count). The molecule has 1 aromatic heterocycles. The summed E-state index contributed by atoms with van der Waals surface area (Å²) in [6.45, 7) is 4.29. The van der Waals surface area contributed by atoms with Crippen LogP contribution in [0.3, 0.4) is 0 Å². The molecular weight excluding hydrogens is 290 g/mol. The fourth-order valence-electron chi connectivity index (χ4n) is 2.15. The Morgan fingerprint density at radius 1 is 1.26 bits per heavy atom. The zero-order valence-electron chi connectivity index (χ0n) is 13.1. The number of ether oxygens (including phenoxy) is 1. The summed E-state index contributed by atoms with van der Waals surface area (Å²) >= 11 is 0. The van der Waals surface area contributed by atoms with Crippen molar-refractivity contribution >= 4 is 6.08 Å². The minimum Gasteiger partial charge on any atom is -0.487 e. The molecule has 0 aliphatic heterocycles. The minimum atomic E-state index is -0.753. The Morgan fingerprint density at radius 2 is 2.00 bits per heavy atom. The minimum absolute atomic E-state index is 0.125. The van der Waals surface area contributed by atoms with Crippen molar-refractivity contribution in [1.29, 1.82) is 0 Å². The second-order valence-electron chi connectivity index (χ2n) is 5.35. The predicted molar refractivity (Wildman–Crippen MR) is 91.8 cm³/mol. The second-order valence-corrected chi connectivity index (χ2v) is 5.35. The van der Waals surface area contributed by atoms with Crippen molar-refractivity contribution in [2.75, 3.05) is 6.54 Å². The molecule has 2 unspecified atom stereocenters. The molecule has 0 aliphatic carbocycles. The van der Waals surface area contributed by atoms with Crippen LogP contribution in [0.4, 0.5) is 0 Å². The first-order valence-electron chi connectivity index (χ1n) is 7.55. The van der Waals surface area contributed by atoms with Crippen LogP contribution in [0.25, 0.3) is 6.08 Å². The van der Waals surface area contributed by atoms with E-state index in [1.165, 1.54) is 0 Å². The number of nitrogens with two attached hydrogens (primary N) is 2. The van der Waals surface area contributed by atoms with E-state index >= 15 is 0 Å². The lowest BCUT2D eigenvalue weighted by atomic mass is 10.1. The molecule has 0 amide bonds. The number of pyridine rings is 1. The van der Waals surface area contributed by atoms with Crippen molar-refractivity contribution in [2.24, 2.45) is 11.5 Å². The first-order chi connectivity index (χ1) is 11.1. The van der Waals surface area contributed by atoms with Gasteiger partial charge < -0.3 is 21.3 Å². The van der Waals surface area contributed by atoms with Gasteiger partial charge in [-0.05, 0) is 23.3 Å². The van der Waals surface area contributed by atoms with Crippen molar-refractivity contribution in [3.63, 3.8) is 0 Å². The van der Waals surface area contributed by atoms with Gasteiger partial charge in [0.1, 0.15) is 12.4 Å². The molecular formula is C18H23N3O2. The summed E-state index contributed by atoms with van der Waals surface area (Å²) in [5, 5.41) is 9.71. The van der Waals surface area contributed by atoms with Crippen LogP contribution in [0, 0.1) is 0 Å². The fourth-order valence-corrected chi connectivity index (χ4v) is 2.15. The topological polar surface area (TPSA) is 94.4 Å². The third kappa shape index (κ3) is 4.89. The average Bonchev–Trinajstić information content (AvgIpc) is 2.60. The van der Waals surface area contributed by atoms with E-state index in [1.54, 1.807) is 12.3 Å². The van der Waals surface area contributed by atoms with Gasteiger partial charge in [0, 0.05) is 25.2 Å². The molecule has 2 aromatic rings. The van der Waals surface area contributed by atoms with Crippen molar-refractivity contribution in [3.05, 3.63) is 66.0 Å². The molecule has 5 nitrogen and oxygen atoms in total. The Kier molecular flexibility index (Phi) is 6.29. The molecule has 0 bridgehead atoms. The van der Waals surface area contributed by atoms with Crippen LogP contribution in [0.1, 0.15) is 16.8 Å². The molecule has 5 N–H and O–H groups in total. The van der Waals surface area contributed by atoms with Gasteiger partial charge in [0.05, 0.1) is 11.8 Å². The van der Waals surface area contributed by atoms with Crippen LogP contribution < -0.4 is 16.2 Å². The smallest absolute Gasteiger partial charge is 0.141 e. The number of benzene rings is 1. The lowest BCUT2D eigenvalue weighted by molar-refractivity contribution is 0.151. The van der Waals surface area contributed by atoms with Gasteiger partial charge in [-0.25, -0.2) is 0 Å². The van der Waals surface area contributed by atoms with Crippen LogP contribution in [-0.2, 0) is 13.0 Å². The first-order valence-corrected chi connectivity index (χ1v) is 7.55. The van der Waals surface area contributed by atoms with Crippen molar-refractivity contribution in [3.8, 4) is 5.75 Å². The van der Waals surface area contributed by atoms with Crippen LogP contribution >= 0.6 is 0 Å². The van der Waals surface area contributed by atoms with Crippen LogP contribution in [-0.4, -0.2) is 28.8 Å². The van der Waals surface area contributed by atoms with Crippen molar-refractivity contribution in [2.45, 2.75) is 25.2 Å². The summed E-state index contributed by atoms with van der Waals surface area (Å²) < 4.78 is 5.85. The van der Waals surface area contributed by atoms with E-state index in [-0.39, 0.29) is 6.54 Å². The molecule has 0 aliphatic rings. The fraction of sp³-hybridized carbons (Fsp3) is 0.278. The van der Waals surface area contributed by atoms with Crippen LogP contribution in [0.5, 0.6) is 5.75 Å². The Morgan fingerprint density at radius 3 is 2.65 bits per heavy atom. The maximum Gasteiger partial charge on any atom is 0.141 e. The maximum atomic E-state index is 9.71. The van der Waals surface area contributed by atoms with Gasteiger partial charge in [0.2, 0.25) is 0 Å². The number of hydrogen-bond donors (Lipinski definition) is 3. The molecule has 0 fully saturated rings. The van der Waals surface area contributed by atoms with E-state index in [4.69, 9.17) is 16.2 Å². The molecule has 1 aromatic carbocycles. The summed E-state index contributed by atoms with van der Waals surface area (Å²) in [5.74, 6) is 0.667. The van der Waals surface area contributed by atoms with Gasteiger partial charge in [-0.3, -0.25) is 4.98 Å². The Hall–Kier alpha value is -2.21. The van der Waals surface area contributed by atoms with Gasteiger partial charge >= 0.3 is 0 Å². The molecule has 23 heavy (non-hydrogen) atoms. The quantitative estimate of drug-likeness (QED) is 0.686. The molecule has 1 heterocycles.